The molecule has 4 aromatic rings. The van der Waals surface area contributed by atoms with Crippen molar-refractivity contribution in [3.05, 3.63) is 59.4 Å². The first kappa shape index (κ1) is 15.3. The van der Waals surface area contributed by atoms with Gasteiger partial charge in [0.05, 0.1) is 12.0 Å². The Kier molecular flexibility index (Phi) is 3.51. The standard InChI is InChI=1S/C18H12FN3O2S/c19-10-5-3-9(4-6-10)11-8-12(13-2-1-7-24-13)22-18-14(11)15(20)16(25-18)17(21)23/h1-8H,20H2,(H2,21,23). The largest absolute Gasteiger partial charge is 0.463 e. The average Bonchev–Trinajstić information content (AvgIpc) is 3.23. The van der Waals surface area contributed by atoms with Gasteiger partial charge in [0.15, 0.2) is 5.76 Å². The number of rotatable bonds is 3. The number of benzene rings is 1. The predicted molar refractivity (Wildman–Crippen MR) is 95.6 cm³/mol. The van der Waals surface area contributed by atoms with Gasteiger partial charge in [0.2, 0.25) is 0 Å². The van der Waals surface area contributed by atoms with Crippen LogP contribution in [0.5, 0.6) is 0 Å². The topological polar surface area (TPSA) is 95.1 Å². The molecule has 0 fully saturated rings. The van der Waals surface area contributed by atoms with Gasteiger partial charge in [-0.25, -0.2) is 9.37 Å². The summed E-state index contributed by atoms with van der Waals surface area (Å²) in [4.78, 5) is 17.0. The SMILES string of the molecule is NC(=O)c1sc2nc(-c3ccco3)cc(-c3ccc(F)cc3)c2c1N. The molecule has 3 heterocycles. The molecule has 0 aliphatic heterocycles. The highest BCUT2D eigenvalue weighted by Gasteiger charge is 2.20. The first-order valence-corrected chi connectivity index (χ1v) is 8.19. The first-order chi connectivity index (χ1) is 12.0. The second-order valence-corrected chi connectivity index (χ2v) is 6.43. The molecule has 0 atom stereocenters. The minimum Gasteiger partial charge on any atom is -0.463 e. The Bertz CT molecular complexity index is 1090. The van der Waals surface area contributed by atoms with Gasteiger partial charge in [-0.1, -0.05) is 12.1 Å². The molecule has 0 aliphatic carbocycles. The molecule has 7 heteroatoms. The van der Waals surface area contributed by atoms with Crippen LogP contribution >= 0.6 is 11.3 Å². The Balaban J connectivity index is 2.06. The number of furan rings is 1. The lowest BCUT2D eigenvalue weighted by atomic mass is 10.0. The van der Waals surface area contributed by atoms with Gasteiger partial charge in [-0.05, 0) is 41.5 Å². The van der Waals surface area contributed by atoms with E-state index >= 15 is 0 Å². The maximum Gasteiger partial charge on any atom is 0.260 e. The van der Waals surface area contributed by atoms with E-state index in [2.05, 4.69) is 4.98 Å². The average molecular weight is 353 g/mol. The lowest BCUT2D eigenvalue weighted by Gasteiger charge is -2.07. The van der Waals surface area contributed by atoms with Crippen LogP contribution in [0.4, 0.5) is 10.1 Å². The summed E-state index contributed by atoms with van der Waals surface area (Å²) in [6.07, 6.45) is 1.55. The van der Waals surface area contributed by atoms with E-state index in [0.29, 0.717) is 21.7 Å². The quantitative estimate of drug-likeness (QED) is 0.581. The summed E-state index contributed by atoms with van der Waals surface area (Å²) < 4.78 is 18.7. The number of aromatic nitrogens is 1. The summed E-state index contributed by atoms with van der Waals surface area (Å²) in [6.45, 7) is 0. The molecule has 5 nitrogen and oxygen atoms in total. The molecule has 1 aromatic carbocycles. The van der Waals surface area contributed by atoms with Gasteiger partial charge in [-0.15, -0.1) is 11.3 Å². The molecule has 0 saturated carbocycles. The van der Waals surface area contributed by atoms with E-state index in [9.17, 15) is 9.18 Å². The summed E-state index contributed by atoms with van der Waals surface area (Å²) in [5, 5.41) is 0.626. The fraction of sp³-hybridized carbons (Fsp3) is 0. The molecule has 0 saturated heterocycles. The van der Waals surface area contributed by atoms with Gasteiger partial charge in [-0.2, -0.15) is 0 Å². The monoisotopic (exact) mass is 353 g/mol. The zero-order chi connectivity index (χ0) is 17.6. The van der Waals surface area contributed by atoms with E-state index in [1.165, 1.54) is 12.1 Å². The molecule has 25 heavy (non-hydrogen) atoms. The number of hydrogen-bond acceptors (Lipinski definition) is 5. The second-order valence-electron chi connectivity index (χ2n) is 5.43. The van der Waals surface area contributed by atoms with Crippen LogP contribution in [0.25, 0.3) is 32.8 Å². The number of hydrogen-bond donors (Lipinski definition) is 2. The number of primary amides is 1. The molecular formula is C18H12FN3O2S. The number of nitrogens with zero attached hydrogens (tertiary/aromatic N) is 1. The van der Waals surface area contributed by atoms with Crippen LogP contribution in [0, 0.1) is 5.82 Å². The number of nitrogens with two attached hydrogens (primary N) is 2. The van der Waals surface area contributed by atoms with Crippen molar-refractivity contribution >= 4 is 33.1 Å². The molecular weight excluding hydrogens is 341 g/mol. The van der Waals surface area contributed by atoms with Gasteiger partial charge < -0.3 is 15.9 Å². The molecule has 1 amide bonds. The summed E-state index contributed by atoms with van der Waals surface area (Å²) in [7, 11) is 0. The normalized spacial score (nSPS) is 11.1. The number of thiophene rings is 1. The number of pyridine rings is 1. The summed E-state index contributed by atoms with van der Waals surface area (Å²) in [6, 6.07) is 11.4. The minimum atomic E-state index is -0.606. The molecule has 4 rings (SSSR count). The van der Waals surface area contributed by atoms with Crippen LogP contribution in [0.2, 0.25) is 0 Å². The Morgan fingerprint density at radius 2 is 1.96 bits per heavy atom. The molecule has 0 bridgehead atoms. The third-order valence-corrected chi connectivity index (χ3v) is 4.97. The molecule has 0 radical (unpaired) electrons. The lowest BCUT2D eigenvalue weighted by molar-refractivity contribution is 0.100. The second kappa shape index (κ2) is 5.71. The van der Waals surface area contributed by atoms with Crippen molar-refractivity contribution in [2.24, 2.45) is 5.73 Å². The highest BCUT2D eigenvalue weighted by atomic mass is 32.1. The summed E-state index contributed by atoms with van der Waals surface area (Å²) >= 11 is 1.13. The zero-order valence-corrected chi connectivity index (χ0v) is 13.6. The predicted octanol–water partition coefficient (Wildman–Crippen LogP) is 4.04. The number of nitrogen functional groups attached to an aromatic ring is 1. The highest BCUT2D eigenvalue weighted by molar-refractivity contribution is 7.21. The third kappa shape index (κ3) is 2.54. The van der Waals surface area contributed by atoms with Crippen LogP contribution in [0.1, 0.15) is 9.67 Å². The van der Waals surface area contributed by atoms with Gasteiger partial charge >= 0.3 is 0 Å². The van der Waals surface area contributed by atoms with E-state index in [4.69, 9.17) is 15.9 Å². The fourth-order valence-electron chi connectivity index (χ4n) is 2.71. The van der Waals surface area contributed by atoms with Crippen LogP contribution in [0.3, 0.4) is 0 Å². The number of carbonyl (C=O) groups is 1. The lowest BCUT2D eigenvalue weighted by Crippen LogP contribution is -2.10. The van der Waals surface area contributed by atoms with Crippen LogP contribution in [0.15, 0.2) is 53.1 Å². The van der Waals surface area contributed by atoms with Crippen LogP contribution in [-0.2, 0) is 0 Å². The Morgan fingerprint density at radius 3 is 2.60 bits per heavy atom. The van der Waals surface area contributed by atoms with Crippen molar-refractivity contribution in [2.45, 2.75) is 0 Å². The van der Waals surface area contributed by atoms with Crippen molar-refractivity contribution in [3.8, 4) is 22.6 Å². The van der Waals surface area contributed by atoms with Gasteiger partial charge in [-0.3, -0.25) is 4.79 Å². The smallest absolute Gasteiger partial charge is 0.260 e. The van der Waals surface area contributed by atoms with Crippen LogP contribution < -0.4 is 11.5 Å². The van der Waals surface area contributed by atoms with Gasteiger partial charge in [0.1, 0.15) is 21.2 Å². The molecule has 0 aliphatic rings. The zero-order valence-electron chi connectivity index (χ0n) is 12.8. The van der Waals surface area contributed by atoms with E-state index in [1.54, 1.807) is 30.5 Å². The summed E-state index contributed by atoms with van der Waals surface area (Å²) in [5.41, 5.74) is 13.9. The Morgan fingerprint density at radius 1 is 1.20 bits per heavy atom. The minimum absolute atomic E-state index is 0.252. The van der Waals surface area contributed by atoms with E-state index in [0.717, 1.165) is 22.5 Å². The van der Waals surface area contributed by atoms with E-state index in [-0.39, 0.29) is 16.4 Å². The van der Waals surface area contributed by atoms with E-state index in [1.807, 2.05) is 6.07 Å². The molecule has 3 aromatic heterocycles. The summed E-state index contributed by atoms with van der Waals surface area (Å²) in [5.74, 6) is -0.362. The van der Waals surface area contributed by atoms with Crippen molar-refractivity contribution in [1.29, 1.82) is 0 Å². The Hall–Kier alpha value is -3.19. The van der Waals surface area contributed by atoms with Crippen LogP contribution in [-0.4, -0.2) is 10.9 Å². The molecule has 0 unspecified atom stereocenters. The van der Waals surface area contributed by atoms with Gasteiger partial charge in [0, 0.05) is 5.39 Å². The van der Waals surface area contributed by atoms with E-state index < -0.39 is 5.91 Å². The van der Waals surface area contributed by atoms with Crippen molar-refractivity contribution < 1.29 is 13.6 Å². The molecule has 4 N–H and O–H groups in total. The third-order valence-electron chi connectivity index (χ3n) is 3.85. The number of anilines is 1. The molecule has 0 spiro atoms. The number of halogens is 1. The maximum atomic E-state index is 13.3. The first-order valence-electron chi connectivity index (χ1n) is 7.37. The Labute approximate surface area is 145 Å². The molecule has 124 valence electrons. The fourth-order valence-corrected chi connectivity index (χ4v) is 3.68. The van der Waals surface area contributed by atoms with Crippen molar-refractivity contribution in [2.75, 3.05) is 5.73 Å². The van der Waals surface area contributed by atoms with Crippen molar-refractivity contribution in [1.82, 2.24) is 4.98 Å². The van der Waals surface area contributed by atoms with Crippen molar-refractivity contribution in [3.63, 3.8) is 0 Å². The number of fused-ring (bicyclic) bond motifs is 1. The maximum absolute atomic E-state index is 13.3. The number of amides is 1. The number of carbonyl (C=O) groups excluding carboxylic acids is 1. The van der Waals surface area contributed by atoms with Gasteiger partial charge in [0.25, 0.3) is 5.91 Å². The highest BCUT2D eigenvalue weighted by Crippen LogP contribution is 2.41.